The van der Waals surface area contributed by atoms with Gasteiger partial charge in [-0.15, -0.1) is 0 Å². The minimum Gasteiger partial charge on any atom is -0.457 e. The summed E-state index contributed by atoms with van der Waals surface area (Å²) >= 11 is 0. The van der Waals surface area contributed by atoms with Crippen LogP contribution in [0, 0.1) is 0 Å². The molecule has 0 bridgehead atoms. The van der Waals surface area contributed by atoms with E-state index in [0.717, 1.165) is 55.9 Å². The highest BCUT2D eigenvalue weighted by molar-refractivity contribution is 6.06. The van der Waals surface area contributed by atoms with E-state index < -0.39 is 5.41 Å². The molecule has 0 saturated carbocycles. The molecule has 1 N–H and O–H groups in total. The first-order chi connectivity index (χ1) is 19.8. The number of ether oxygens (including phenoxy) is 1. The van der Waals surface area contributed by atoms with Crippen molar-refractivity contribution in [1.82, 2.24) is 0 Å². The van der Waals surface area contributed by atoms with Crippen LogP contribution in [0.5, 0.6) is 11.5 Å². The van der Waals surface area contributed by atoms with Gasteiger partial charge in [0.05, 0.1) is 5.41 Å². The predicted octanol–water partition coefficient (Wildman–Crippen LogP) is 9.80. The van der Waals surface area contributed by atoms with Crippen molar-refractivity contribution in [3.05, 3.63) is 156 Å². The van der Waals surface area contributed by atoms with Gasteiger partial charge in [0.2, 0.25) is 0 Å². The second-order valence-electron chi connectivity index (χ2n) is 10.6. The zero-order valence-corrected chi connectivity index (χ0v) is 21.5. The lowest BCUT2D eigenvalue weighted by Crippen LogP contribution is -2.33. The maximum absolute atomic E-state index is 6.63. The summed E-state index contributed by atoms with van der Waals surface area (Å²) in [6.45, 7) is 0. The summed E-state index contributed by atoms with van der Waals surface area (Å²) < 4.78 is 12.7. The summed E-state index contributed by atoms with van der Waals surface area (Å²) in [4.78, 5) is 0. The molecule has 3 nitrogen and oxygen atoms in total. The molecule has 1 aromatic heterocycles. The highest BCUT2D eigenvalue weighted by Crippen LogP contribution is 2.63. The Bertz CT molecular complexity index is 2090. The molecule has 1 aliphatic heterocycles. The fourth-order valence-electron chi connectivity index (χ4n) is 6.98. The van der Waals surface area contributed by atoms with Crippen LogP contribution in [-0.4, -0.2) is 0 Å². The summed E-state index contributed by atoms with van der Waals surface area (Å²) in [5.41, 5.74) is 10.7. The SMILES string of the molecule is c1ccc2c(c1)Oc1cccc(Nc3ccc4oc5ccccc5c4c3)c1C21c2ccccc2-c2ccccc21. The minimum atomic E-state index is -0.520. The number of anilines is 2. The molecule has 0 atom stereocenters. The fraction of sp³-hybridized carbons (Fsp3) is 0.0270. The van der Waals surface area contributed by atoms with Crippen molar-refractivity contribution in [1.29, 1.82) is 0 Å². The van der Waals surface area contributed by atoms with Crippen molar-refractivity contribution in [2.45, 2.75) is 5.41 Å². The zero-order chi connectivity index (χ0) is 26.3. The van der Waals surface area contributed by atoms with Gasteiger partial charge in [0.15, 0.2) is 0 Å². The number of fused-ring (bicyclic) bond motifs is 12. The van der Waals surface area contributed by atoms with Crippen LogP contribution in [0.4, 0.5) is 11.4 Å². The highest BCUT2D eigenvalue weighted by atomic mass is 16.5. The molecule has 1 aliphatic carbocycles. The monoisotopic (exact) mass is 513 g/mol. The maximum atomic E-state index is 6.63. The van der Waals surface area contributed by atoms with E-state index in [9.17, 15) is 0 Å². The standard InChI is InChI=1S/C37H23NO2/c1-4-13-28-24(10-1)25-11-2-5-14-29(25)37(28)30-15-6-8-18-34(30)40-35-19-9-16-31(36(35)37)38-23-20-21-33-27(22-23)26-12-3-7-17-32(26)39-33/h1-22,38H. The van der Waals surface area contributed by atoms with Crippen LogP contribution in [-0.2, 0) is 5.41 Å². The van der Waals surface area contributed by atoms with E-state index in [2.05, 4.69) is 127 Å². The Morgan fingerprint density at radius 2 is 1.15 bits per heavy atom. The lowest BCUT2D eigenvalue weighted by Gasteiger charge is -2.40. The van der Waals surface area contributed by atoms with Crippen LogP contribution in [0.15, 0.2) is 138 Å². The van der Waals surface area contributed by atoms with Crippen molar-refractivity contribution < 1.29 is 9.15 Å². The Labute approximate surface area is 231 Å². The number of hydrogen-bond acceptors (Lipinski definition) is 3. The van der Waals surface area contributed by atoms with Crippen molar-refractivity contribution >= 4 is 33.3 Å². The number of rotatable bonds is 2. The van der Waals surface area contributed by atoms with Gasteiger partial charge >= 0.3 is 0 Å². The van der Waals surface area contributed by atoms with E-state index in [-0.39, 0.29) is 0 Å². The molecule has 2 aliphatic rings. The molecule has 40 heavy (non-hydrogen) atoms. The van der Waals surface area contributed by atoms with Gasteiger partial charge in [-0.1, -0.05) is 91.0 Å². The first-order valence-corrected chi connectivity index (χ1v) is 13.6. The van der Waals surface area contributed by atoms with Crippen LogP contribution in [0.25, 0.3) is 33.1 Å². The van der Waals surface area contributed by atoms with Gasteiger partial charge in [-0.25, -0.2) is 0 Å². The van der Waals surface area contributed by atoms with Crippen molar-refractivity contribution in [3.63, 3.8) is 0 Å². The van der Waals surface area contributed by atoms with E-state index in [4.69, 9.17) is 9.15 Å². The summed E-state index contributed by atoms with van der Waals surface area (Å²) in [6.07, 6.45) is 0. The van der Waals surface area contributed by atoms with Crippen molar-refractivity contribution in [2.24, 2.45) is 0 Å². The average Bonchev–Trinajstić information content (AvgIpc) is 3.52. The Morgan fingerprint density at radius 3 is 1.98 bits per heavy atom. The Balaban J connectivity index is 1.33. The molecule has 188 valence electrons. The molecule has 9 rings (SSSR count). The van der Waals surface area contributed by atoms with E-state index in [0.29, 0.717) is 0 Å². The number of hydrogen-bond donors (Lipinski definition) is 1. The highest BCUT2D eigenvalue weighted by Gasteiger charge is 2.52. The third-order valence-electron chi connectivity index (χ3n) is 8.52. The van der Waals surface area contributed by atoms with Gasteiger partial charge in [0, 0.05) is 33.3 Å². The van der Waals surface area contributed by atoms with Gasteiger partial charge in [0.25, 0.3) is 0 Å². The lowest BCUT2D eigenvalue weighted by molar-refractivity contribution is 0.437. The molecule has 2 heterocycles. The molecular formula is C37H23NO2. The molecule has 1 spiro atoms. The Kier molecular flexibility index (Phi) is 4.26. The molecular weight excluding hydrogens is 490 g/mol. The van der Waals surface area contributed by atoms with Crippen LogP contribution < -0.4 is 10.1 Å². The predicted molar refractivity (Wildman–Crippen MR) is 161 cm³/mol. The van der Waals surface area contributed by atoms with Crippen molar-refractivity contribution in [2.75, 3.05) is 5.32 Å². The van der Waals surface area contributed by atoms with Crippen LogP contribution >= 0.6 is 0 Å². The van der Waals surface area contributed by atoms with Gasteiger partial charge in [-0.2, -0.15) is 0 Å². The lowest BCUT2D eigenvalue weighted by atomic mass is 9.65. The number of para-hydroxylation sites is 2. The summed E-state index contributed by atoms with van der Waals surface area (Å²) in [6, 6.07) is 46.9. The van der Waals surface area contributed by atoms with Gasteiger partial charge < -0.3 is 14.5 Å². The fourth-order valence-corrected chi connectivity index (χ4v) is 6.98. The quantitative estimate of drug-likeness (QED) is 0.250. The number of benzene rings is 6. The molecule has 3 heteroatoms. The minimum absolute atomic E-state index is 0.520. The first-order valence-electron chi connectivity index (χ1n) is 13.6. The summed E-state index contributed by atoms with van der Waals surface area (Å²) in [5, 5.41) is 6.01. The molecule has 0 radical (unpaired) electrons. The van der Waals surface area contributed by atoms with Crippen LogP contribution in [0.1, 0.15) is 22.3 Å². The topological polar surface area (TPSA) is 34.4 Å². The van der Waals surface area contributed by atoms with Gasteiger partial charge in [0.1, 0.15) is 22.7 Å². The number of nitrogens with one attached hydrogen (secondary N) is 1. The third-order valence-corrected chi connectivity index (χ3v) is 8.52. The maximum Gasteiger partial charge on any atom is 0.135 e. The summed E-state index contributed by atoms with van der Waals surface area (Å²) in [5.74, 6) is 1.76. The summed E-state index contributed by atoms with van der Waals surface area (Å²) in [7, 11) is 0. The largest absolute Gasteiger partial charge is 0.457 e. The Hall–Kier alpha value is -5.28. The van der Waals surface area contributed by atoms with E-state index in [1.807, 2.05) is 12.1 Å². The smallest absolute Gasteiger partial charge is 0.135 e. The second kappa shape index (κ2) is 7.87. The molecule has 7 aromatic rings. The molecule has 0 fully saturated rings. The van der Waals surface area contributed by atoms with Crippen LogP contribution in [0.2, 0.25) is 0 Å². The molecule has 6 aromatic carbocycles. The van der Waals surface area contributed by atoms with E-state index in [1.165, 1.54) is 22.3 Å². The normalized spacial score (nSPS) is 13.9. The molecule has 0 amide bonds. The van der Waals surface area contributed by atoms with E-state index >= 15 is 0 Å². The second-order valence-corrected chi connectivity index (χ2v) is 10.6. The number of furan rings is 1. The molecule has 0 saturated heterocycles. The van der Waals surface area contributed by atoms with Crippen LogP contribution in [0.3, 0.4) is 0 Å². The average molecular weight is 514 g/mol. The van der Waals surface area contributed by atoms with Gasteiger partial charge in [-0.05, 0) is 64.7 Å². The Morgan fingerprint density at radius 1 is 0.500 bits per heavy atom. The molecule has 0 unspecified atom stereocenters. The zero-order valence-electron chi connectivity index (χ0n) is 21.5. The van der Waals surface area contributed by atoms with Crippen molar-refractivity contribution in [3.8, 4) is 22.6 Å². The first kappa shape index (κ1) is 21.6. The van der Waals surface area contributed by atoms with Gasteiger partial charge in [-0.3, -0.25) is 0 Å². The third kappa shape index (κ3) is 2.73. The van der Waals surface area contributed by atoms with E-state index in [1.54, 1.807) is 0 Å².